The molecule has 0 spiro atoms. The summed E-state index contributed by atoms with van der Waals surface area (Å²) in [6.07, 6.45) is 1.65. The highest BCUT2D eigenvalue weighted by Crippen LogP contribution is 2.28. The highest BCUT2D eigenvalue weighted by Gasteiger charge is 2.22. The molecule has 0 saturated carbocycles. The number of esters is 1. The molecular formula is C23H16N2O5S. The fraction of sp³-hybridized carbons (Fsp3) is 0.0870. The van der Waals surface area contributed by atoms with Gasteiger partial charge in [0.15, 0.2) is 4.96 Å². The number of hydrogen-bond donors (Lipinski definition) is 0. The number of hydrogen-bond acceptors (Lipinski definition) is 7. The van der Waals surface area contributed by atoms with Crippen LogP contribution in [0.4, 0.5) is 0 Å². The molecule has 0 aliphatic rings. The van der Waals surface area contributed by atoms with E-state index in [9.17, 15) is 9.59 Å². The van der Waals surface area contributed by atoms with Crippen LogP contribution >= 0.6 is 11.3 Å². The molecular weight excluding hydrogens is 416 g/mol. The number of furan rings is 1. The van der Waals surface area contributed by atoms with Gasteiger partial charge in [0.2, 0.25) is 5.76 Å². The van der Waals surface area contributed by atoms with Crippen LogP contribution in [0.2, 0.25) is 0 Å². The third kappa shape index (κ3) is 3.80. The van der Waals surface area contributed by atoms with Crippen LogP contribution in [-0.4, -0.2) is 15.4 Å². The van der Waals surface area contributed by atoms with Crippen molar-refractivity contribution in [3.63, 3.8) is 0 Å². The molecule has 0 bridgehead atoms. The standard InChI is InChI=1S/C23H16N2O5S/c26-20-12-15(24-23-25(20)10-11-31-23)13-29-22(27)21-18(14-28-16-6-2-1-3-7-16)17-8-4-5-9-19(17)30-21/h1-12H,13-14H2. The van der Waals surface area contributed by atoms with Gasteiger partial charge in [-0.15, -0.1) is 11.3 Å². The van der Waals surface area contributed by atoms with Crippen molar-refractivity contribution >= 4 is 33.2 Å². The highest BCUT2D eigenvalue weighted by atomic mass is 32.1. The van der Waals surface area contributed by atoms with Crippen LogP contribution in [0.15, 0.2) is 81.5 Å². The lowest BCUT2D eigenvalue weighted by Crippen LogP contribution is -2.15. The van der Waals surface area contributed by atoms with Crippen LogP contribution in [0.5, 0.6) is 5.75 Å². The van der Waals surface area contributed by atoms with Gasteiger partial charge in [-0.3, -0.25) is 9.20 Å². The Labute approximate surface area is 180 Å². The Balaban J connectivity index is 1.40. The molecule has 154 valence electrons. The maximum absolute atomic E-state index is 12.8. The molecule has 3 aromatic heterocycles. The minimum absolute atomic E-state index is 0.0751. The van der Waals surface area contributed by atoms with Gasteiger partial charge in [0.1, 0.15) is 24.5 Å². The first-order valence-electron chi connectivity index (χ1n) is 9.50. The summed E-state index contributed by atoms with van der Waals surface area (Å²) >= 11 is 1.33. The number of ether oxygens (including phenoxy) is 2. The summed E-state index contributed by atoms with van der Waals surface area (Å²) in [6.45, 7) is 0.00468. The molecule has 8 heteroatoms. The molecule has 0 aliphatic heterocycles. The van der Waals surface area contributed by atoms with Crippen LogP contribution in [0.1, 0.15) is 21.8 Å². The van der Waals surface area contributed by atoms with E-state index >= 15 is 0 Å². The number of fused-ring (bicyclic) bond motifs is 2. The molecule has 0 amide bonds. The Kier molecular flexibility index (Phi) is 4.97. The van der Waals surface area contributed by atoms with Crippen molar-refractivity contribution < 1.29 is 18.7 Å². The Morgan fingerprint density at radius 1 is 1.06 bits per heavy atom. The second-order valence-corrected chi connectivity index (χ2v) is 7.60. The van der Waals surface area contributed by atoms with Crippen molar-refractivity contribution in [2.75, 3.05) is 0 Å². The number of aromatic nitrogens is 2. The predicted molar refractivity (Wildman–Crippen MR) is 115 cm³/mol. The van der Waals surface area contributed by atoms with E-state index in [1.54, 1.807) is 17.6 Å². The van der Waals surface area contributed by atoms with Crippen LogP contribution < -0.4 is 10.3 Å². The maximum Gasteiger partial charge on any atom is 0.375 e. The lowest BCUT2D eigenvalue weighted by Gasteiger charge is -2.07. The van der Waals surface area contributed by atoms with Crippen LogP contribution in [0.3, 0.4) is 0 Å². The van der Waals surface area contributed by atoms with Crippen LogP contribution in [-0.2, 0) is 18.0 Å². The predicted octanol–water partition coefficient (Wildman–Crippen LogP) is 4.44. The van der Waals surface area contributed by atoms with Gasteiger partial charge in [0.25, 0.3) is 5.56 Å². The largest absolute Gasteiger partial charge is 0.489 e. The molecule has 0 radical (unpaired) electrons. The Morgan fingerprint density at radius 3 is 2.74 bits per heavy atom. The molecule has 31 heavy (non-hydrogen) atoms. The van der Waals surface area contributed by atoms with E-state index in [0.29, 0.717) is 27.6 Å². The second kappa shape index (κ2) is 8.08. The van der Waals surface area contributed by atoms with Gasteiger partial charge < -0.3 is 13.9 Å². The summed E-state index contributed by atoms with van der Waals surface area (Å²) in [7, 11) is 0. The summed E-state index contributed by atoms with van der Waals surface area (Å²) in [5.41, 5.74) is 1.32. The number of carbonyl (C=O) groups excluding carboxylic acids is 1. The van der Waals surface area contributed by atoms with Gasteiger partial charge in [-0.25, -0.2) is 9.78 Å². The van der Waals surface area contributed by atoms with Gasteiger partial charge in [-0.05, 0) is 18.2 Å². The molecule has 5 aromatic rings. The average molecular weight is 432 g/mol. The van der Waals surface area contributed by atoms with Gasteiger partial charge in [0.05, 0.1) is 11.3 Å². The first-order chi connectivity index (χ1) is 15.2. The topological polar surface area (TPSA) is 83.0 Å². The van der Waals surface area contributed by atoms with Crippen molar-refractivity contribution in [2.24, 2.45) is 0 Å². The Hall–Kier alpha value is -3.91. The van der Waals surface area contributed by atoms with Crippen molar-refractivity contribution in [3.8, 4) is 5.75 Å². The maximum atomic E-state index is 12.8. The molecule has 2 aromatic carbocycles. The van der Waals surface area contributed by atoms with E-state index in [2.05, 4.69) is 4.98 Å². The highest BCUT2D eigenvalue weighted by molar-refractivity contribution is 7.15. The first kappa shape index (κ1) is 19.1. The molecule has 0 unspecified atom stereocenters. The number of benzene rings is 2. The zero-order valence-electron chi connectivity index (χ0n) is 16.2. The van der Waals surface area contributed by atoms with E-state index < -0.39 is 5.97 Å². The van der Waals surface area contributed by atoms with Crippen molar-refractivity contribution in [1.29, 1.82) is 0 Å². The monoisotopic (exact) mass is 432 g/mol. The van der Waals surface area contributed by atoms with E-state index in [1.165, 1.54) is 21.8 Å². The quantitative estimate of drug-likeness (QED) is 0.369. The summed E-state index contributed by atoms with van der Waals surface area (Å²) < 4.78 is 18.5. The summed E-state index contributed by atoms with van der Waals surface area (Å²) in [5, 5.41) is 2.55. The van der Waals surface area contributed by atoms with Gasteiger partial charge in [0, 0.05) is 23.0 Å². The normalized spacial score (nSPS) is 11.1. The number of rotatable bonds is 6. The van der Waals surface area contributed by atoms with Crippen molar-refractivity contribution in [1.82, 2.24) is 9.38 Å². The number of carbonyl (C=O) groups is 1. The molecule has 0 atom stereocenters. The van der Waals surface area contributed by atoms with E-state index in [1.807, 2.05) is 48.5 Å². The first-order valence-corrected chi connectivity index (χ1v) is 10.4. The third-order valence-corrected chi connectivity index (χ3v) is 5.47. The van der Waals surface area contributed by atoms with Crippen molar-refractivity contribution in [2.45, 2.75) is 13.2 Å². The van der Waals surface area contributed by atoms with Gasteiger partial charge >= 0.3 is 5.97 Å². The fourth-order valence-corrected chi connectivity index (χ4v) is 3.98. The zero-order chi connectivity index (χ0) is 21.2. The van der Waals surface area contributed by atoms with E-state index in [-0.39, 0.29) is 24.5 Å². The minimum atomic E-state index is -0.643. The summed E-state index contributed by atoms with van der Waals surface area (Å²) in [4.78, 5) is 29.9. The number of nitrogens with zero attached hydrogens (tertiary/aromatic N) is 2. The Morgan fingerprint density at radius 2 is 1.87 bits per heavy atom. The second-order valence-electron chi connectivity index (χ2n) is 6.73. The molecule has 5 rings (SSSR count). The molecule has 0 saturated heterocycles. The molecule has 0 fully saturated rings. The summed E-state index contributed by atoms with van der Waals surface area (Å²) in [5.74, 6) is 0.114. The smallest absolute Gasteiger partial charge is 0.375 e. The van der Waals surface area contributed by atoms with E-state index in [4.69, 9.17) is 13.9 Å². The van der Waals surface area contributed by atoms with Crippen LogP contribution in [0.25, 0.3) is 15.9 Å². The number of para-hydroxylation sites is 2. The lowest BCUT2D eigenvalue weighted by molar-refractivity contribution is 0.0430. The lowest BCUT2D eigenvalue weighted by atomic mass is 10.1. The average Bonchev–Trinajstić information content (AvgIpc) is 3.42. The molecule has 0 N–H and O–H groups in total. The zero-order valence-corrected chi connectivity index (χ0v) is 17.0. The molecule has 7 nitrogen and oxygen atoms in total. The fourth-order valence-electron chi connectivity index (χ4n) is 3.25. The Bertz CT molecular complexity index is 1430. The van der Waals surface area contributed by atoms with Crippen molar-refractivity contribution in [3.05, 3.63) is 99.6 Å². The van der Waals surface area contributed by atoms with Gasteiger partial charge in [-0.2, -0.15) is 0 Å². The van der Waals surface area contributed by atoms with Crippen LogP contribution in [0, 0.1) is 0 Å². The van der Waals surface area contributed by atoms with Gasteiger partial charge in [-0.1, -0.05) is 36.4 Å². The number of thiazole rings is 1. The molecule has 0 aliphatic carbocycles. The van der Waals surface area contributed by atoms with E-state index in [0.717, 1.165) is 5.39 Å². The SMILES string of the molecule is O=C(OCc1cc(=O)n2ccsc2n1)c1oc2ccccc2c1COc1ccccc1. The molecule has 3 heterocycles. The minimum Gasteiger partial charge on any atom is -0.489 e. The third-order valence-electron chi connectivity index (χ3n) is 4.72. The summed E-state index contributed by atoms with van der Waals surface area (Å²) in [6, 6.07) is 18.0.